The number of amides is 1. The highest BCUT2D eigenvalue weighted by atomic mass is 16.2. The first kappa shape index (κ1) is 12.1. The summed E-state index contributed by atoms with van der Waals surface area (Å²) in [4.78, 5) is 14.1. The minimum atomic E-state index is -0.249. The van der Waals surface area contributed by atoms with Gasteiger partial charge < -0.3 is 0 Å². The maximum Gasteiger partial charge on any atom is 0.255 e. The van der Waals surface area contributed by atoms with E-state index in [-0.39, 0.29) is 11.9 Å². The summed E-state index contributed by atoms with van der Waals surface area (Å²) in [7, 11) is 0. The largest absolute Gasteiger partial charge is 0.293 e. The van der Waals surface area contributed by atoms with Crippen molar-refractivity contribution >= 4 is 5.91 Å². The molecule has 0 saturated carbocycles. The number of benzene rings is 1. The fourth-order valence-electron chi connectivity index (χ4n) is 2.42. The lowest BCUT2D eigenvalue weighted by Crippen LogP contribution is -2.45. The van der Waals surface area contributed by atoms with Crippen LogP contribution in [0.25, 0.3) is 0 Å². The average molecular weight is 233 g/mol. The van der Waals surface area contributed by atoms with Gasteiger partial charge in [-0.2, -0.15) is 0 Å². The molecule has 0 aliphatic carbocycles. The van der Waals surface area contributed by atoms with E-state index in [1.54, 1.807) is 0 Å². The molecule has 1 aliphatic heterocycles. The highest BCUT2D eigenvalue weighted by Gasteiger charge is 2.27. The van der Waals surface area contributed by atoms with Crippen molar-refractivity contribution in [2.24, 2.45) is 5.84 Å². The van der Waals surface area contributed by atoms with Gasteiger partial charge in [-0.25, -0.2) is 5.84 Å². The van der Waals surface area contributed by atoms with Gasteiger partial charge in [0.05, 0.1) is 0 Å². The second-order valence-corrected chi connectivity index (χ2v) is 4.42. The fraction of sp³-hybridized carbons (Fsp3) is 0.462. The smallest absolute Gasteiger partial charge is 0.255 e. The molecule has 92 valence electrons. The van der Waals surface area contributed by atoms with E-state index >= 15 is 0 Å². The van der Waals surface area contributed by atoms with Crippen LogP contribution in [0.15, 0.2) is 30.3 Å². The standard InChI is InChI=1S/C13H19N3O/c14-15-13(17)12(11-7-3-1-4-8-11)16-9-5-2-6-10-16/h1,3-4,7-8,12H,2,5-6,9-10,14H2,(H,15,17). The van der Waals surface area contributed by atoms with Gasteiger partial charge in [-0.3, -0.25) is 15.1 Å². The number of likely N-dealkylation sites (tertiary alicyclic amines) is 1. The van der Waals surface area contributed by atoms with E-state index in [9.17, 15) is 4.79 Å². The third kappa shape index (κ3) is 2.84. The maximum atomic E-state index is 11.9. The Kier molecular flexibility index (Phi) is 4.12. The van der Waals surface area contributed by atoms with E-state index in [0.29, 0.717) is 0 Å². The van der Waals surface area contributed by atoms with Crippen LogP contribution in [-0.2, 0) is 4.79 Å². The number of piperidine rings is 1. The SMILES string of the molecule is NNC(=O)C(c1ccccc1)N1CCCCC1. The van der Waals surface area contributed by atoms with Crippen molar-refractivity contribution in [1.29, 1.82) is 0 Å². The summed E-state index contributed by atoms with van der Waals surface area (Å²) < 4.78 is 0. The molecular weight excluding hydrogens is 214 g/mol. The van der Waals surface area contributed by atoms with E-state index in [4.69, 9.17) is 5.84 Å². The zero-order valence-corrected chi connectivity index (χ0v) is 9.93. The summed E-state index contributed by atoms with van der Waals surface area (Å²) in [5.41, 5.74) is 3.29. The summed E-state index contributed by atoms with van der Waals surface area (Å²) in [5.74, 6) is 5.16. The lowest BCUT2D eigenvalue weighted by atomic mass is 10.0. The molecule has 1 aromatic rings. The Morgan fingerprint density at radius 2 is 1.82 bits per heavy atom. The number of carbonyl (C=O) groups is 1. The van der Waals surface area contributed by atoms with Crippen molar-refractivity contribution in [2.75, 3.05) is 13.1 Å². The van der Waals surface area contributed by atoms with Crippen molar-refractivity contribution in [3.8, 4) is 0 Å². The monoisotopic (exact) mass is 233 g/mol. The molecule has 4 heteroatoms. The van der Waals surface area contributed by atoms with Gasteiger partial charge in [0.2, 0.25) is 0 Å². The molecule has 17 heavy (non-hydrogen) atoms. The van der Waals surface area contributed by atoms with Crippen LogP contribution in [0.2, 0.25) is 0 Å². The van der Waals surface area contributed by atoms with Crippen LogP contribution in [0.4, 0.5) is 0 Å². The molecule has 1 saturated heterocycles. The zero-order chi connectivity index (χ0) is 12.1. The lowest BCUT2D eigenvalue weighted by molar-refractivity contribution is -0.127. The van der Waals surface area contributed by atoms with Gasteiger partial charge in [-0.05, 0) is 31.5 Å². The summed E-state index contributed by atoms with van der Waals surface area (Å²) in [6.45, 7) is 1.93. The van der Waals surface area contributed by atoms with Crippen molar-refractivity contribution in [2.45, 2.75) is 25.3 Å². The molecule has 4 nitrogen and oxygen atoms in total. The number of hydrazine groups is 1. The van der Waals surface area contributed by atoms with Crippen LogP contribution in [0, 0.1) is 0 Å². The molecule has 0 aromatic heterocycles. The predicted molar refractivity (Wildman–Crippen MR) is 66.9 cm³/mol. The van der Waals surface area contributed by atoms with Crippen LogP contribution in [0.1, 0.15) is 30.9 Å². The number of rotatable bonds is 3. The quantitative estimate of drug-likeness (QED) is 0.468. The maximum absolute atomic E-state index is 11.9. The van der Waals surface area contributed by atoms with Crippen LogP contribution in [0.5, 0.6) is 0 Å². The Morgan fingerprint density at radius 1 is 1.18 bits per heavy atom. The Balaban J connectivity index is 2.21. The first-order valence-corrected chi connectivity index (χ1v) is 6.12. The third-order valence-electron chi connectivity index (χ3n) is 3.26. The van der Waals surface area contributed by atoms with E-state index in [2.05, 4.69) is 10.3 Å². The number of nitrogens with one attached hydrogen (secondary N) is 1. The first-order valence-electron chi connectivity index (χ1n) is 6.12. The molecule has 1 aliphatic rings. The van der Waals surface area contributed by atoms with Crippen LogP contribution >= 0.6 is 0 Å². The molecule has 1 aromatic carbocycles. The molecule has 1 amide bonds. The van der Waals surface area contributed by atoms with E-state index in [0.717, 1.165) is 31.5 Å². The van der Waals surface area contributed by atoms with Gasteiger partial charge in [-0.15, -0.1) is 0 Å². The van der Waals surface area contributed by atoms with Gasteiger partial charge in [0.1, 0.15) is 6.04 Å². The average Bonchev–Trinajstić information content (AvgIpc) is 2.41. The molecule has 1 unspecified atom stereocenters. The Bertz CT molecular complexity index is 360. The normalized spacial score (nSPS) is 18.6. The highest BCUT2D eigenvalue weighted by molar-refractivity contribution is 5.82. The van der Waals surface area contributed by atoms with E-state index in [1.807, 2.05) is 30.3 Å². The summed E-state index contributed by atoms with van der Waals surface area (Å²) in [6.07, 6.45) is 3.56. The molecule has 2 rings (SSSR count). The zero-order valence-electron chi connectivity index (χ0n) is 9.93. The minimum absolute atomic E-state index is 0.127. The van der Waals surface area contributed by atoms with Gasteiger partial charge >= 0.3 is 0 Å². The van der Waals surface area contributed by atoms with Crippen molar-refractivity contribution in [3.63, 3.8) is 0 Å². The number of nitrogens with zero attached hydrogens (tertiary/aromatic N) is 1. The molecule has 1 atom stereocenters. The molecule has 3 N–H and O–H groups in total. The Morgan fingerprint density at radius 3 is 2.41 bits per heavy atom. The lowest BCUT2D eigenvalue weighted by Gasteiger charge is -2.33. The Labute approximate surface area is 102 Å². The van der Waals surface area contributed by atoms with E-state index in [1.165, 1.54) is 6.42 Å². The third-order valence-corrected chi connectivity index (χ3v) is 3.26. The van der Waals surface area contributed by atoms with Gasteiger partial charge in [0.25, 0.3) is 5.91 Å². The van der Waals surface area contributed by atoms with Crippen molar-refractivity contribution in [3.05, 3.63) is 35.9 Å². The number of nitrogens with two attached hydrogens (primary N) is 1. The van der Waals surface area contributed by atoms with Crippen molar-refractivity contribution in [1.82, 2.24) is 10.3 Å². The highest BCUT2D eigenvalue weighted by Crippen LogP contribution is 2.24. The molecule has 1 fully saturated rings. The number of hydrogen-bond donors (Lipinski definition) is 2. The van der Waals surface area contributed by atoms with Gasteiger partial charge in [0, 0.05) is 0 Å². The molecular formula is C13H19N3O. The number of hydrogen-bond acceptors (Lipinski definition) is 3. The predicted octanol–water partition coefficient (Wildman–Crippen LogP) is 1.20. The van der Waals surface area contributed by atoms with Crippen LogP contribution in [0.3, 0.4) is 0 Å². The first-order chi connectivity index (χ1) is 8.33. The molecule has 0 spiro atoms. The summed E-state index contributed by atoms with van der Waals surface area (Å²) >= 11 is 0. The topological polar surface area (TPSA) is 58.4 Å². The molecule has 1 heterocycles. The Hall–Kier alpha value is -1.39. The van der Waals surface area contributed by atoms with E-state index < -0.39 is 0 Å². The molecule has 0 radical (unpaired) electrons. The summed E-state index contributed by atoms with van der Waals surface area (Å²) in [5, 5.41) is 0. The second-order valence-electron chi connectivity index (χ2n) is 4.42. The van der Waals surface area contributed by atoms with Crippen molar-refractivity contribution < 1.29 is 4.79 Å². The summed E-state index contributed by atoms with van der Waals surface area (Å²) in [6, 6.07) is 9.58. The number of carbonyl (C=O) groups excluding carboxylic acids is 1. The minimum Gasteiger partial charge on any atom is -0.293 e. The van der Waals surface area contributed by atoms with Gasteiger partial charge in [0.15, 0.2) is 0 Å². The van der Waals surface area contributed by atoms with Crippen LogP contribution < -0.4 is 11.3 Å². The van der Waals surface area contributed by atoms with Crippen LogP contribution in [-0.4, -0.2) is 23.9 Å². The van der Waals surface area contributed by atoms with Gasteiger partial charge in [-0.1, -0.05) is 36.8 Å². The molecule has 0 bridgehead atoms. The fourth-order valence-corrected chi connectivity index (χ4v) is 2.42. The second kappa shape index (κ2) is 5.80.